The second-order valence-electron chi connectivity index (χ2n) is 6.51. The van der Waals surface area contributed by atoms with Gasteiger partial charge < -0.3 is 14.2 Å². The van der Waals surface area contributed by atoms with Crippen LogP contribution >= 0.6 is 11.3 Å². The Balaban J connectivity index is 1.45. The van der Waals surface area contributed by atoms with Crippen LogP contribution in [0.4, 0.5) is 0 Å². The summed E-state index contributed by atoms with van der Waals surface area (Å²) >= 11 is 1.55. The Labute approximate surface area is 172 Å². The second kappa shape index (κ2) is 7.93. The van der Waals surface area contributed by atoms with Crippen molar-refractivity contribution < 1.29 is 23.8 Å². The zero-order chi connectivity index (χ0) is 20.4. The van der Waals surface area contributed by atoms with Crippen molar-refractivity contribution >= 4 is 29.0 Å². The van der Waals surface area contributed by atoms with Gasteiger partial charge in [0, 0.05) is 22.6 Å². The number of methoxy groups -OCH3 is 1. The molecule has 2 heterocycles. The predicted octanol–water partition coefficient (Wildman–Crippen LogP) is 4.94. The van der Waals surface area contributed by atoms with E-state index in [9.17, 15) is 9.59 Å². The molecule has 0 saturated carbocycles. The minimum atomic E-state index is -0.159. The molecule has 0 saturated heterocycles. The number of ketones is 2. The molecular weight excluding hydrogens is 388 g/mol. The smallest absolute Gasteiger partial charge is 0.232 e. The van der Waals surface area contributed by atoms with Crippen molar-refractivity contribution in [3.63, 3.8) is 0 Å². The first-order valence-electron chi connectivity index (χ1n) is 8.97. The third-order valence-corrected chi connectivity index (χ3v) is 5.55. The van der Waals surface area contributed by atoms with Crippen molar-refractivity contribution in [1.82, 2.24) is 0 Å². The van der Waals surface area contributed by atoms with E-state index < -0.39 is 0 Å². The Morgan fingerprint density at radius 1 is 1.10 bits per heavy atom. The molecule has 0 fully saturated rings. The summed E-state index contributed by atoms with van der Waals surface area (Å²) in [4.78, 5) is 25.8. The summed E-state index contributed by atoms with van der Waals surface area (Å²) in [6.07, 6.45) is 1.76. The van der Waals surface area contributed by atoms with Gasteiger partial charge in [-0.3, -0.25) is 9.59 Å². The summed E-state index contributed by atoms with van der Waals surface area (Å²) in [5, 5.41) is 1.97. The molecule has 5 nitrogen and oxygen atoms in total. The lowest BCUT2D eigenvalue weighted by Gasteiger charge is -2.07. The van der Waals surface area contributed by atoms with E-state index in [1.54, 1.807) is 67.0 Å². The van der Waals surface area contributed by atoms with Crippen LogP contribution < -0.4 is 14.2 Å². The average Bonchev–Trinajstić information content (AvgIpc) is 3.29. The third kappa shape index (κ3) is 3.93. The maximum atomic E-state index is 12.6. The van der Waals surface area contributed by atoms with E-state index in [1.165, 1.54) is 0 Å². The van der Waals surface area contributed by atoms with Crippen LogP contribution in [0.5, 0.6) is 17.2 Å². The van der Waals surface area contributed by atoms with Gasteiger partial charge in [0.15, 0.2) is 18.1 Å². The van der Waals surface area contributed by atoms with Crippen LogP contribution in [0.25, 0.3) is 6.08 Å². The van der Waals surface area contributed by atoms with Crippen molar-refractivity contribution in [1.29, 1.82) is 0 Å². The quantitative estimate of drug-likeness (QED) is 0.428. The lowest BCUT2D eigenvalue weighted by Crippen LogP contribution is -2.11. The number of hydrogen-bond donors (Lipinski definition) is 0. The Kier molecular flexibility index (Phi) is 5.18. The van der Waals surface area contributed by atoms with Crippen molar-refractivity contribution in [2.45, 2.75) is 6.92 Å². The Bertz CT molecular complexity index is 1110. The van der Waals surface area contributed by atoms with E-state index in [-0.39, 0.29) is 23.9 Å². The Morgan fingerprint density at radius 3 is 2.55 bits per heavy atom. The zero-order valence-electron chi connectivity index (χ0n) is 15.9. The van der Waals surface area contributed by atoms with Crippen molar-refractivity contribution in [3.8, 4) is 17.2 Å². The normalized spacial score (nSPS) is 13.9. The first-order chi connectivity index (χ1) is 14.0. The number of benzene rings is 2. The molecule has 29 heavy (non-hydrogen) atoms. The van der Waals surface area contributed by atoms with Crippen LogP contribution in [0.15, 0.2) is 59.7 Å². The van der Waals surface area contributed by atoms with Crippen LogP contribution in [-0.4, -0.2) is 25.3 Å². The molecule has 3 aromatic rings. The highest BCUT2D eigenvalue weighted by Gasteiger charge is 2.28. The highest BCUT2D eigenvalue weighted by Crippen LogP contribution is 2.35. The summed E-state index contributed by atoms with van der Waals surface area (Å²) in [5.74, 6) is 1.56. The van der Waals surface area contributed by atoms with Crippen LogP contribution in [-0.2, 0) is 0 Å². The number of ether oxygens (including phenoxy) is 3. The van der Waals surface area contributed by atoms with Crippen LogP contribution in [0, 0.1) is 6.92 Å². The zero-order valence-corrected chi connectivity index (χ0v) is 16.7. The summed E-state index contributed by atoms with van der Waals surface area (Å²) in [6, 6.07) is 13.8. The van der Waals surface area contributed by atoms with Gasteiger partial charge in [-0.25, -0.2) is 0 Å². The molecule has 1 aromatic heterocycles. The van der Waals surface area contributed by atoms with E-state index in [4.69, 9.17) is 14.2 Å². The topological polar surface area (TPSA) is 61.8 Å². The number of Topliss-reactive ketones (excluding diaryl/α,β-unsaturated/α-hetero) is 2. The standard InChI is InChI=1S/C23H18O5S/c1-14-9-10-29-22(14)12-21-23(25)18-8-7-17(11-20(18)28-21)27-13-19(24)15-3-5-16(26-2)6-4-15/h3-12H,13H2,1-2H3. The lowest BCUT2D eigenvalue weighted by molar-refractivity contribution is 0.0921. The predicted molar refractivity (Wildman–Crippen MR) is 111 cm³/mol. The maximum absolute atomic E-state index is 12.6. The number of allylic oxidation sites excluding steroid dienone is 1. The lowest BCUT2D eigenvalue weighted by atomic mass is 10.1. The monoisotopic (exact) mass is 406 g/mol. The van der Waals surface area contributed by atoms with Crippen LogP contribution in [0.2, 0.25) is 0 Å². The first kappa shape index (κ1) is 19.0. The van der Waals surface area contributed by atoms with Gasteiger partial charge in [-0.05, 0) is 60.3 Å². The van der Waals surface area contributed by atoms with E-state index in [2.05, 4.69) is 0 Å². The number of aryl methyl sites for hydroxylation is 1. The van der Waals surface area contributed by atoms with Gasteiger partial charge in [-0.15, -0.1) is 11.3 Å². The largest absolute Gasteiger partial charge is 0.497 e. The van der Waals surface area contributed by atoms with Gasteiger partial charge in [0.25, 0.3) is 0 Å². The summed E-state index contributed by atoms with van der Waals surface area (Å²) in [7, 11) is 1.57. The molecule has 1 aliphatic rings. The average molecular weight is 406 g/mol. The molecule has 0 bridgehead atoms. The number of hydrogen-bond acceptors (Lipinski definition) is 6. The molecule has 146 valence electrons. The van der Waals surface area contributed by atoms with Crippen LogP contribution in [0.3, 0.4) is 0 Å². The van der Waals surface area contributed by atoms with E-state index in [1.807, 2.05) is 18.4 Å². The van der Waals surface area contributed by atoms with Crippen molar-refractivity contribution in [2.75, 3.05) is 13.7 Å². The maximum Gasteiger partial charge on any atom is 0.232 e. The van der Waals surface area contributed by atoms with Gasteiger partial charge in [-0.1, -0.05) is 0 Å². The molecule has 0 unspecified atom stereocenters. The Hall–Kier alpha value is -3.38. The molecule has 4 rings (SSSR count). The SMILES string of the molecule is COc1ccc(C(=O)COc2ccc3c(c2)OC(=Cc2sccc2C)C3=O)cc1. The third-order valence-electron chi connectivity index (χ3n) is 4.59. The first-order valence-corrected chi connectivity index (χ1v) is 9.85. The summed E-state index contributed by atoms with van der Waals surface area (Å²) in [6.45, 7) is 1.87. The molecule has 0 aliphatic carbocycles. The molecule has 0 spiro atoms. The highest BCUT2D eigenvalue weighted by atomic mass is 32.1. The van der Waals surface area contributed by atoms with Crippen LogP contribution in [0.1, 0.15) is 31.2 Å². The minimum absolute atomic E-state index is 0.115. The van der Waals surface area contributed by atoms with Gasteiger partial charge in [0.1, 0.15) is 17.2 Å². The molecule has 6 heteroatoms. The summed E-state index contributed by atoms with van der Waals surface area (Å²) in [5.41, 5.74) is 2.12. The minimum Gasteiger partial charge on any atom is -0.497 e. The molecule has 1 aliphatic heterocycles. The highest BCUT2D eigenvalue weighted by molar-refractivity contribution is 7.11. The van der Waals surface area contributed by atoms with E-state index in [0.29, 0.717) is 28.4 Å². The molecular formula is C23H18O5S. The Morgan fingerprint density at radius 2 is 1.86 bits per heavy atom. The number of rotatable bonds is 6. The summed E-state index contributed by atoms with van der Waals surface area (Å²) < 4.78 is 16.4. The fourth-order valence-corrected chi connectivity index (χ4v) is 3.77. The number of carbonyl (C=O) groups excluding carboxylic acids is 2. The molecule has 0 atom stereocenters. The van der Waals surface area contributed by atoms with Gasteiger partial charge in [0.05, 0.1) is 12.7 Å². The van der Waals surface area contributed by atoms with E-state index in [0.717, 1.165) is 10.4 Å². The van der Waals surface area contributed by atoms with Gasteiger partial charge in [0.2, 0.25) is 5.78 Å². The number of thiophene rings is 1. The van der Waals surface area contributed by atoms with Gasteiger partial charge in [-0.2, -0.15) is 0 Å². The second-order valence-corrected chi connectivity index (χ2v) is 7.45. The van der Waals surface area contributed by atoms with E-state index >= 15 is 0 Å². The molecule has 0 N–H and O–H groups in total. The fourth-order valence-electron chi connectivity index (χ4n) is 2.92. The van der Waals surface area contributed by atoms with Crippen molar-refractivity contribution in [2.24, 2.45) is 0 Å². The number of fused-ring (bicyclic) bond motifs is 1. The van der Waals surface area contributed by atoms with Crippen molar-refractivity contribution in [3.05, 3.63) is 81.2 Å². The van der Waals surface area contributed by atoms with Gasteiger partial charge >= 0.3 is 0 Å². The molecule has 0 amide bonds. The fraction of sp³-hybridized carbons (Fsp3) is 0.130. The molecule has 2 aromatic carbocycles. The molecule has 0 radical (unpaired) electrons. The number of carbonyl (C=O) groups is 2.